The lowest BCUT2D eigenvalue weighted by Crippen LogP contribution is -2.38. The zero-order chi connectivity index (χ0) is 14.2. The van der Waals surface area contributed by atoms with Gasteiger partial charge in [-0.1, -0.05) is 6.92 Å². The minimum Gasteiger partial charge on any atom is -0.207 e. The molecule has 0 bridgehead atoms. The quantitative estimate of drug-likeness (QED) is 0.818. The van der Waals surface area contributed by atoms with Gasteiger partial charge in [0.25, 0.3) is 0 Å². The van der Waals surface area contributed by atoms with E-state index in [0.717, 1.165) is 18.9 Å². The largest absolute Gasteiger partial charge is 0.247 e. The molecule has 0 unspecified atom stereocenters. The normalized spacial score (nSPS) is 18.7. The van der Waals surface area contributed by atoms with Crippen molar-refractivity contribution in [1.29, 1.82) is 0 Å². The molecule has 1 heterocycles. The number of sulfonamides is 1. The average molecular weight is 354 g/mol. The summed E-state index contributed by atoms with van der Waals surface area (Å²) >= 11 is 2.93. The molecule has 0 atom stereocenters. The number of hydrogen-bond donors (Lipinski definition) is 0. The van der Waals surface area contributed by atoms with E-state index in [9.17, 15) is 17.2 Å². The van der Waals surface area contributed by atoms with Crippen LogP contribution < -0.4 is 0 Å². The van der Waals surface area contributed by atoms with Crippen LogP contribution in [0.4, 0.5) is 8.78 Å². The molecule has 0 radical (unpaired) electrons. The molecule has 106 valence electrons. The summed E-state index contributed by atoms with van der Waals surface area (Å²) in [6.07, 6.45) is 1.50. The molecule has 1 aliphatic rings. The Morgan fingerprint density at radius 3 is 2.37 bits per heavy atom. The van der Waals surface area contributed by atoms with E-state index in [1.807, 2.05) is 0 Å². The Kier molecular flexibility index (Phi) is 4.27. The third-order valence-electron chi connectivity index (χ3n) is 3.30. The van der Waals surface area contributed by atoms with Gasteiger partial charge in [-0.05, 0) is 40.8 Å². The maximum atomic E-state index is 13.8. The van der Waals surface area contributed by atoms with Crippen LogP contribution in [0.3, 0.4) is 0 Å². The van der Waals surface area contributed by atoms with Gasteiger partial charge in [-0.15, -0.1) is 0 Å². The second-order valence-corrected chi connectivity index (χ2v) is 7.51. The second kappa shape index (κ2) is 5.46. The van der Waals surface area contributed by atoms with Gasteiger partial charge in [0.1, 0.15) is 16.5 Å². The fourth-order valence-corrected chi connectivity index (χ4v) is 4.71. The van der Waals surface area contributed by atoms with E-state index in [4.69, 9.17) is 0 Å². The summed E-state index contributed by atoms with van der Waals surface area (Å²) in [7, 11) is -3.92. The molecule has 1 saturated heterocycles. The van der Waals surface area contributed by atoms with Crippen LogP contribution in [0.25, 0.3) is 0 Å². The molecule has 1 aromatic carbocycles. The topological polar surface area (TPSA) is 37.4 Å². The molecule has 0 spiro atoms. The van der Waals surface area contributed by atoms with Crippen LogP contribution >= 0.6 is 15.9 Å². The van der Waals surface area contributed by atoms with Gasteiger partial charge in [-0.25, -0.2) is 17.2 Å². The summed E-state index contributed by atoms with van der Waals surface area (Å²) in [5.41, 5.74) is 0. The third kappa shape index (κ3) is 2.98. The number of benzene rings is 1. The summed E-state index contributed by atoms with van der Waals surface area (Å²) in [5, 5.41) is 0. The van der Waals surface area contributed by atoms with Crippen molar-refractivity contribution in [3.8, 4) is 0 Å². The monoisotopic (exact) mass is 353 g/mol. The minimum atomic E-state index is -3.92. The van der Waals surface area contributed by atoms with Gasteiger partial charge in [0.05, 0.1) is 0 Å². The van der Waals surface area contributed by atoms with Crippen molar-refractivity contribution in [2.45, 2.75) is 24.7 Å². The van der Waals surface area contributed by atoms with Gasteiger partial charge in [0, 0.05) is 23.6 Å². The fourth-order valence-electron chi connectivity index (χ4n) is 2.13. The summed E-state index contributed by atoms with van der Waals surface area (Å²) in [4.78, 5) is -0.483. The average Bonchev–Trinajstić information content (AvgIpc) is 2.27. The molecule has 0 saturated carbocycles. The summed E-state index contributed by atoms with van der Waals surface area (Å²) in [5.74, 6) is -1.41. The van der Waals surface area contributed by atoms with Crippen molar-refractivity contribution in [3.63, 3.8) is 0 Å². The van der Waals surface area contributed by atoms with Crippen LogP contribution in [-0.4, -0.2) is 25.8 Å². The zero-order valence-electron chi connectivity index (χ0n) is 10.4. The van der Waals surface area contributed by atoms with Gasteiger partial charge in [0.2, 0.25) is 10.0 Å². The predicted octanol–water partition coefficient (Wildman–Crippen LogP) is 3.15. The number of piperidine rings is 1. The fraction of sp³-hybridized carbons (Fsp3) is 0.500. The van der Waals surface area contributed by atoms with E-state index < -0.39 is 26.6 Å². The predicted molar refractivity (Wildman–Crippen MR) is 71.2 cm³/mol. The number of hydrogen-bond acceptors (Lipinski definition) is 2. The highest BCUT2D eigenvalue weighted by atomic mass is 79.9. The molecule has 1 aliphatic heterocycles. The highest BCUT2D eigenvalue weighted by Crippen LogP contribution is 2.31. The zero-order valence-corrected chi connectivity index (χ0v) is 12.8. The Hall–Kier alpha value is -0.530. The molecule has 0 aromatic heterocycles. The molecule has 1 fully saturated rings. The Labute approximate surface area is 119 Å². The molecule has 3 nitrogen and oxygen atoms in total. The van der Waals surface area contributed by atoms with Crippen LogP contribution in [0, 0.1) is 17.6 Å². The van der Waals surface area contributed by atoms with Crippen molar-refractivity contribution in [2.24, 2.45) is 5.92 Å². The highest BCUT2D eigenvalue weighted by Gasteiger charge is 2.32. The second-order valence-electron chi connectivity index (χ2n) is 4.79. The lowest BCUT2D eigenvalue weighted by molar-refractivity contribution is 0.287. The van der Waals surface area contributed by atoms with E-state index in [1.165, 1.54) is 4.31 Å². The van der Waals surface area contributed by atoms with E-state index >= 15 is 0 Å². The van der Waals surface area contributed by atoms with Crippen LogP contribution in [-0.2, 0) is 10.0 Å². The Bertz CT molecular complexity index is 560. The van der Waals surface area contributed by atoms with Gasteiger partial charge in [0.15, 0.2) is 0 Å². The summed E-state index contributed by atoms with van der Waals surface area (Å²) in [6.45, 7) is 2.79. The van der Waals surface area contributed by atoms with Crippen LogP contribution in [0.15, 0.2) is 21.5 Å². The highest BCUT2D eigenvalue weighted by molar-refractivity contribution is 9.10. The van der Waals surface area contributed by atoms with Crippen molar-refractivity contribution in [2.75, 3.05) is 13.1 Å². The third-order valence-corrected chi connectivity index (χ3v) is 6.17. The Balaban J connectivity index is 2.40. The SMILES string of the molecule is CC1CCN(S(=O)(=O)c2c(F)cc(F)cc2Br)CC1. The maximum Gasteiger partial charge on any atom is 0.247 e. The van der Waals surface area contributed by atoms with Crippen molar-refractivity contribution in [3.05, 3.63) is 28.2 Å². The first-order valence-corrected chi connectivity index (χ1v) is 8.20. The Morgan fingerprint density at radius 2 is 1.84 bits per heavy atom. The van der Waals surface area contributed by atoms with E-state index in [0.29, 0.717) is 25.1 Å². The molecule has 0 amide bonds. The molecular formula is C12H14BrF2NO2S. The smallest absolute Gasteiger partial charge is 0.207 e. The first kappa shape index (κ1) is 14.9. The van der Waals surface area contributed by atoms with Gasteiger partial charge >= 0.3 is 0 Å². The van der Waals surface area contributed by atoms with Gasteiger partial charge < -0.3 is 0 Å². The molecular weight excluding hydrogens is 340 g/mol. The molecule has 19 heavy (non-hydrogen) atoms. The molecule has 1 aromatic rings. The van der Waals surface area contributed by atoms with Crippen molar-refractivity contribution < 1.29 is 17.2 Å². The number of halogens is 3. The Morgan fingerprint density at radius 1 is 1.26 bits per heavy atom. The van der Waals surface area contributed by atoms with Crippen LogP contribution in [0.1, 0.15) is 19.8 Å². The first-order chi connectivity index (χ1) is 8.82. The summed E-state index contributed by atoms with van der Waals surface area (Å²) < 4.78 is 52.7. The number of rotatable bonds is 2. The minimum absolute atomic E-state index is 0.0800. The molecule has 2 rings (SSSR count). The van der Waals surface area contributed by atoms with Crippen LogP contribution in [0.5, 0.6) is 0 Å². The standard InChI is InChI=1S/C12H14BrF2NO2S/c1-8-2-4-16(5-3-8)19(17,18)12-10(13)6-9(14)7-11(12)15/h6-8H,2-5H2,1H3. The van der Waals surface area contributed by atoms with E-state index in [2.05, 4.69) is 22.9 Å². The molecule has 0 aliphatic carbocycles. The number of nitrogens with zero attached hydrogens (tertiary/aromatic N) is 1. The molecule has 7 heteroatoms. The van der Waals surface area contributed by atoms with Gasteiger partial charge in [-0.3, -0.25) is 0 Å². The lowest BCUT2D eigenvalue weighted by Gasteiger charge is -2.29. The lowest BCUT2D eigenvalue weighted by atomic mass is 10.0. The van der Waals surface area contributed by atoms with E-state index in [1.54, 1.807) is 0 Å². The van der Waals surface area contributed by atoms with E-state index in [-0.39, 0.29) is 4.47 Å². The summed E-state index contributed by atoms with van der Waals surface area (Å²) in [6, 6.07) is 1.55. The van der Waals surface area contributed by atoms with Gasteiger partial charge in [-0.2, -0.15) is 4.31 Å². The first-order valence-electron chi connectivity index (χ1n) is 5.97. The van der Waals surface area contributed by atoms with Crippen molar-refractivity contribution in [1.82, 2.24) is 4.31 Å². The maximum absolute atomic E-state index is 13.8. The van der Waals surface area contributed by atoms with Crippen LogP contribution in [0.2, 0.25) is 0 Å². The molecule has 0 N–H and O–H groups in total. The van der Waals surface area contributed by atoms with Crippen molar-refractivity contribution >= 4 is 26.0 Å².